The van der Waals surface area contributed by atoms with Crippen molar-refractivity contribution >= 4 is 39.9 Å². The van der Waals surface area contributed by atoms with Crippen LogP contribution in [0.25, 0.3) is 10.4 Å². The van der Waals surface area contributed by atoms with Gasteiger partial charge in [0.15, 0.2) is 0 Å². The largest absolute Gasteiger partial charge is 0.478 e. The maximum absolute atomic E-state index is 11.1. The standard InChI is InChI=1S/C11H7IO2S/c12-7-3-4-8(9(6-7)11(13)14)10-2-1-5-15-10/h1-6H,(H,13,14). The van der Waals surface area contributed by atoms with Gasteiger partial charge in [0.1, 0.15) is 0 Å². The predicted octanol–water partition coefficient (Wildman–Crippen LogP) is 3.72. The molecule has 76 valence electrons. The molecule has 2 nitrogen and oxygen atoms in total. The highest BCUT2D eigenvalue weighted by Gasteiger charge is 2.12. The molecule has 0 spiro atoms. The fourth-order valence-electron chi connectivity index (χ4n) is 1.34. The van der Waals surface area contributed by atoms with E-state index >= 15 is 0 Å². The van der Waals surface area contributed by atoms with E-state index in [2.05, 4.69) is 22.6 Å². The molecular weight excluding hydrogens is 323 g/mol. The lowest BCUT2D eigenvalue weighted by Gasteiger charge is -2.03. The van der Waals surface area contributed by atoms with Gasteiger partial charge in [0.2, 0.25) is 0 Å². The van der Waals surface area contributed by atoms with Gasteiger partial charge in [-0.05, 0) is 46.2 Å². The Morgan fingerprint density at radius 3 is 2.73 bits per heavy atom. The van der Waals surface area contributed by atoms with Crippen LogP contribution in [0.2, 0.25) is 0 Å². The topological polar surface area (TPSA) is 37.3 Å². The normalized spacial score (nSPS) is 10.2. The molecular formula is C11H7IO2S. The predicted molar refractivity (Wildman–Crippen MR) is 69.4 cm³/mol. The highest BCUT2D eigenvalue weighted by molar-refractivity contribution is 14.1. The van der Waals surface area contributed by atoms with E-state index in [9.17, 15) is 4.79 Å². The quantitative estimate of drug-likeness (QED) is 0.852. The minimum Gasteiger partial charge on any atom is -0.478 e. The molecule has 1 heterocycles. The summed E-state index contributed by atoms with van der Waals surface area (Å²) in [5.74, 6) is -0.878. The maximum atomic E-state index is 11.1. The van der Waals surface area contributed by atoms with Gasteiger partial charge in [-0.3, -0.25) is 0 Å². The Kier molecular flexibility index (Phi) is 3.06. The zero-order chi connectivity index (χ0) is 10.8. The second kappa shape index (κ2) is 4.32. The van der Waals surface area contributed by atoms with Crippen LogP contribution in [0.1, 0.15) is 10.4 Å². The number of hydrogen-bond acceptors (Lipinski definition) is 2. The smallest absolute Gasteiger partial charge is 0.336 e. The molecule has 0 atom stereocenters. The summed E-state index contributed by atoms with van der Waals surface area (Å²) < 4.78 is 0.935. The van der Waals surface area contributed by atoms with Gasteiger partial charge in [0.25, 0.3) is 0 Å². The fourth-order valence-corrected chi connectivity index (χ4v) is 2.60. The molecule has 0 bridgehead atoms. The van der Waals surface area contributed by atoms with E-state index in [-0.39, 0.29) is 0 Å². The fraction of sp³-hybridized carbons (Fsp3) is 0. The molecule has 0 aliphatic rings. The van der Waals surface area contributed by atoms with Crippen molar-refractivity contribution in [3.05, 3.63) is 44.8 Å². The lowest BCUT2D eigenvalue weighted by Crippen LogP contribution is -1.99. The van der Waals surface area contributed by atoms with E-state index in [1.807, 2.05) is 29.6 Å². The number of carbonyl (C=O) groups is 1. The third-order valence-corrected chi connectivity index (χ3v) is 3.57. The first-order valence-electron chi connectivity index (χ1n) is 4.25. The summed E-state index contributed by atoms with van der Waals surface area (Å²) in [4.78, 5) is 12.1. The SMILES string of the molecule is O=C(O)c1cc(I)ccc1-c1cccs1. The van der Waals surface area contributed by atoms with Crippen LogP contribution in [0.3, 0.4) is 0 Å². The van der Waals surface area contributed by atoms with Crippen molar-refractivity contribution in [1.82, 2.24) is 0 Å². The van der Waals surface area contributed by atoms with Crippen molar-refractivity contribution in [2.75, 3.05) is 0 Å². The van der Waals surface area contributed by atoms with Crippen LogP contribution in [0.5, 0.6) is 0 Å². The number of rotatable bonds is 2. The van der Waals surface area contributed by atoms with Crippen molar-refractivity contribution in [1.29, 1.82) is 0 Å². The van der Waals surface area contributed by atoms with Crippen LogP contribution < -0.4 is 0 Å². The summed E-state index contributed by atoms with van der Waals surface area (Å²) in [5, 5.41) is 11.0. The molecule has 1 aromatic heterocycles. The second-order valence-corrected chi connectivity index (χ2v) is 5.17. The van der Waals surface area contributed by atoms with Gasteiger partial charge in [0, 0.05) is 14.0 Å². The number of hydrogen-bond donors (Lipinski definition) is 1. The van der Waals surface area contributed by atoms with Gasteiger partial charge in [-0.1, -0.05) is 12.1 Å². The monoisotopic (exact) mass is 330 g/mol. The molecule has 0 aliphatic heterocycles. The van der Waals surface area contributed by atoms with Crippen molar-refractivity contribution in [3.8, 4) is 10.4 Å². The Bertz CT molecular complexity index is 491. The number of aromatic carboxylic acids is 1. The van der Waals surface area contributed by atoms with Crippen LogP contribution in [-0.4, -0.2) is 11.1 Å². The van der Waals surface area contributed by atoms with Crippen molar-refractivity contribution in [2.45, 2.75) is 0 Å². The molecule has 4 heteroatoms. The van der Waals surface area contributed by atoms with E-state index in [4.69, 9.17) is 5.11 Å². The first-order chi connectivity index (χ1) is 7.18. The molecule has 0 aliphatic carbocycles. The Balaban J connectivity index is 2.61. The summed E-state index contributed by atoms with van der Waals surface area (Å²) in [6.45, 7) is 0. The van der Waals surface area contributed by atoms with Gasteiger partial charge in [0.05, 0.1) is 5.56 Å². The van der Waals surface area contributed by atoms with Gasteiger partial charge in [-0.15, -0.1) is 11.3 Å². The molecule has 0 saturated heterocycles. The van der Waals surface area contributed by atoms with Crippen LogP contribution in [-0.2, 0) is 0 Å². The lowest BCUT2D eigenvalue weighted by atomic mass is 10.1. The van der Waals surface area contributed by atoms with E-state index in [1.165, 1.54) is 0 Å². The second-order valence-electron chi connectivity index (χ2n) is 2.97. The highest BCUT2D eigenvalue weighted by atomic mass is 127. The van der Waals surface area contributed by atoms with Gasteiger partial charge in [-0.2, -0.15) is 0 Å². The summed E-state index contributed by atoms with van der Waals surface area (Å²) in [7, 11) is 0. The minimum atomic E-state index is -0.878. The van der Waals surface area contributed by atoms with Gasteiger partial charge in [-0.25, -0.2) is 4.79 Å². The third-order valence-electron chi connectivity index (χ3n) is 2.00. The lowest BCUT2D eigenvalue weighted by molar-refractivity contribution is 0.0697. The minimum absolute atomic E-state index is 0.365. The number of carboxylic acid groups (broad SMARTS) is 1. The molecule has 0 amide bonds. The molecule has 2 rings (SSSR count). The first-order valence-corrected chi connectivity index (χ1v) is 6.21. The van der Waals surface area contributed by atoms with Crippen LogP contribution >= 0.6 is 33.9 Å². The number of thiophene rings is 1. The third kappa shape index (κ3) is 2.21. The first kappa shape index (κ1) is 10.6. The van der Waals surface area contributed by atoms with Crippen LogP contribution in [0.4, 0.5) is 0 Å². The molecule has 0 saturated carbocycles. The Hall–Kier alpha value is -0.880. The van der Waals surface area contributed by atoms with E-state index in [1.54, 1.807) is 17.4 Å². The zero-order valence-corrected chi connectivity index (χ0v) is 10.6. The Morgan fingerprint density at radius 2 is 2.13 bits per heavy atom. The number of carboxylic acids is 1. The summed E-state index contributed by atoms with van der Waals surface area (Å²) in [6, 6.07) is 9.32. The van der Waals surface area contributed by atoms with Crippen molar-refractivity contribution in [2.24, 2.45) is 0 Å². The van der Waals surface area contributed by atoms with Crippen LogP contribution in [0.15, 0.2) is 35.7 Å². The summed E-state index contributed by atoms with van der Waals surface area (Å²) in [6.07, 6.45) is 0. The Morgan fingerprint density at radius 1 is 1.33 bits per heavy atom. The molecule has 0 fully saturated rings. The van der Waals surface area contributed by atoms with Gasteiger partial charge < -0.3 is 5.11 Å². The highest BCUT2D eigenvalue weighted by Crippen LogP contribution is 2.29. The van der Waals surface area contributed by atoms with Gasteiger partial charge >= 0.3 is 5.97 Å². The van der Waals surface area contributed by atoms with Crippen molar-refractivity contribution < 1.29 is 9.90 Å². The Labute approximate surface area is 105 Å². The molecule has 2 aromatic rings. The zero-order valence-electron chi connectivity index (χ0n) is 7.61. The molecule has 1 aromatic carbocycles. The molecule has 1 N–H and O–H groups in total. The van der Waals surface area contributed by atoms with E-state index in [0.29, 0.717) is 5.56 Å². The average Bonchev–Trinajstić information content (AvgIpc) is 2.70. The molecule has 0 radical (unpaired) electrons. The molecule has 15 heavy (non-hydrogen) atoms. The van der Waals surface area contributed by atoms with Crippen LogP contribution in [0, 0.1) is 3.57 Å². The van der Waals surface area contributed by atoms with E-state index < -0.39 is 5.97 Å². The number of halogens is 1. The average molecular weight is 330 g/mol. The summed E-state index contributed by atoms with van der Waals surface area (Å²) >= 11 is 3.66. The molecule has 0 unspecified atom stereocenters. The van der Waals surface area contributed by atoms with Crippen molar-refractivity contribution in [3.63, 3.8) is 0 Å². The summed E-state index contributed by atoms with van der Waals surface area (Å²) in [5.41, 5.74) is 1.15. The van der Waals surface area contributed by atoms with E-state index in [0.717, 1.165) is 14.0 Å². The number of benzene rings is 1. The maximum Gasteiger partial charge on any atom is 0.336 e.